The highest BCUT2D eigenvalue weighted by Crippen LogP contribution is 2.12. The van der Waals surface area contributed by atoms with Crippen molar-refractivity contribution in [2.24, 2.45) is 0 Å². The molecule has 0 atom stereocenters. The molecule has 0 aromatic heterocycles. The molecule has 0 bridgehead atoms. The molecule has 1 aromatic carbocycles. The lowest BCUT2D eigenvalue weighted by Gasteiger charge is -2.07. The standard InChI is InChI=1S/C13H18N2O2S/c1-2-8-18-9-7-15-13(16)10-17-12-5-3-11(14)4-6-12/h2-6H,1,7-10,14H2,(H,15,16). The Kier molecular flexibility index (Phi) is 6.79. The molecular formula is C13H18N2O2S. The molecule has 0 aliphatic rings. The molecule has 1 aromatic rings. The summed E-state index contributed by atoms with van der Waals surface area (Å²) in [6.45, 7) is 4.29. The van der Waals surface area contributed by atoms with E-state index in [2.05, 4.69) is 11.9 Å². The Bertz CT molecular complexity index is 379. The van der Waals surface area contributed by atoms with E-state index in [0.717, 1.165) is 11.5 Å². The van der Waals surface area contributed by atoms with E-state index in [9.17, 15) is 4.79 Å². The normalized spacial score (nSPS) is 9.78. The molecule has 0 saturated heterocycles. The number of nitrogens with one attached hydrogen (secondary N) is 1. The summed E-state index contributed by atoms with van der Waals surface area (Å²) in [4.78, 5) is 11.4. The average Bonchev–Trinajstić information content (AvgIpc) is 2.38. The lowest BCUT2D eigenvalue weighted by atomic mass is 10.3. The number of ether oxygens (including phenoxy) is 1. The molecule has 3 N–H and O–H groups in total. The van der Waals surface area contributed by atoms with Crippen LogP contribution < -0.4 is 15.8 Å². The van der Waals surface area contributed by atoms with Crippen molar-refractivity contribution in [2.75, 3.05) is 30.4 Å². The quantitative estimate of drug-likeness (QED) is 0.427. The van der Waals surface area contributed by atoms with Gasteiger partial charge < -0.3 is 15.8 Å². The summed E-state index contributed by atoms with van der Waals surface area (Å²) < 4.78 is 5.31. The number of nitrogen functional groups attached to an aromatic ring is 1. The van der Waals surface area contributed by atoms with Crippen molar-refractivity contribution in [3.05, 3.63) is 36.9 Å². The Labute approximate surface area is 112 Å². The minimum Gasteiger partial charge on any atom is -0.484 e. The molecule has 0 aliphatic carbocycles. The molecule has 18 heavy (non-hydrogen) atoms. The fraction of sp³-hybridized carbons (Fsp3) is 0.308. The summed E-state index contributed by atoms with van der Waals surface area (Å²) in [6.07, 6.45) is 1.84. The van der Waals surface area contributed by atoms with Crippen molar-refractivity contribution >= 4 is 23.4 Å². The zero-order valence-corrected chi connectivity index (χ0v) is 11.0. The first-order chi connectivity index (χ1) is 8.72. The molecule has 4 nitrogen and oxygen atoms in total. The Hall–Kier alpha value is -1.62. The van der Waals surface area contributed by atoms with Crippen molar-refractivity contribution in [3.63, 3.8) is 0 Å². The molecule has 1 rings (SSSR count). The monoisotopic (exact) mass is 266 g/mol. The van der Waals surface area contributed by atoms with Gasteiger partial charge in [0.25, 0.3) is 5.91 Å². The highest BCUT2D eigenvalue weighted by atomic mass is 32.2. The van der Waals surface area contributed by atoms with Crippen LogP contribution in [-0.4, -0.2) is 30.6 Å². The van der Waals surface area contributed by atoms with Gasteiger partial charge in [-0.1, -0.05) is 6.08 Å². The topological polar surface area (TPSA) is 64.3 Å². The van der Waals surface area contributed by atoms with E-state index in [4.69, 9.17) is 10.5 Å². The molecule has 0 saturated carbocycles. The summed E-state index contributed by atoms with van der Waals surface area (Å²) in [5, 5.41) is 2.78. The number of rotatable bonds is 8. The molecular weight excluding hydrogens is 248 g/mol. The average molecular weight is 266 g/mol. The highest BCUT2D eigenvalue weighted by Gasteiger charge is 2.01. The van der Waals surface area contributed by atoms with Crippen LogP contribution in [0.5, 0.6) is 5.75 Å². The third-order valence-corrected chi connectivity index (χ3v) is 3.02. The van der Waals surface area contributed by atoms with Crippen molar-refractivity contribution in [1.29, 1.82) is 0 Å². The van der Waals surface area contributed by atoms with E-state index >= 15 is 0 Å². The number of anilines is 1. The fourth-order valence-corrected chi connectivity index (χ4v) is 1.77. The summed E-state index contributed by atoms with van der Waals surface area (Å²) in [7, 11) is 0. The van der Waals surface area contributed by atoms with E-state index in [1.807, 2.05) is 6.08 Å². The van der Waals surface area contributed by atoms with Gasteiger partial charge in [-0.3, -0.25) is 4.79 Å². The number of thioether (sulfide) groups is 1. The van der Waals surface area contributed by atoms with Gasteiger partial charge in [-0.25, -0.2) is 0 Å². The van der Waals surface area contributed by atoms with Crippen molar-refractivity contribution < 1.29 is 9.53 Å². The van der Waals surface area contributed by atoms with E-state index in [0.29, 0.717) is 18.0 Å². The molecule has 98 valence electrons. The first-order valence-electron chi connectivity index (χ1n) is 5.66. The number of benzene rings is 1. The van der Waals surface area contributed by atoms with Gasteiger partial charge in [-0.15, -0.1) is 6.58 Å². The second-order valence-electron chi connectivity index (χ2n) is 3.57. The van der Waals surface area contributed by atoms with Gasteiger partial charge in [-0.05, 0) is 24.3 Å². The highest BCUT2D eigenvalue weighted by molar-refractivity contribution is 7.99. The third-order valence-electron chi connectivity index (χ3n) is 2.05. The maximum absolute atomic E-state index is 11.4. The Morgan fingerprint density at radius 1 is 1.44 bits per heavy atom. The zero-order valence-electron chi connectivity index (χ0n) is 10.2. The van der Waals surface area contributed by atoms with Gasteiger partial charge in [0, 0.05) is 23.7 Å². The number of hydrogen-bond donors (Lipinski definition) is 2. The Morgan fingerprint density at radius 2 is 2.17 bits per heavy atom. The zero-order chi connectivity index (χ0) is 13.2. The first-order valence-corrected chi connectivity index (χ1v) is 6.81. The van der Waals surface area contributed by atoms with Gasteiger partial charge in [0.2, 0.25) is 0 Å². The van der Waals surface area contributed by atoms with Gasteiger partial charge >= 0.3 is 0 Å². The molecule has 5 heteroatoms. The third kappa shape index (κ3) is 6.20. The van der Waals surface area contributed by atoms with Gasteiger partial charge in [0.15, 0.2) is 6.61 Å². The van der Waals surface area contributed by atoms with Crippen LogP contribution in [0.15, 0.2) is 36.9 Å². The van der Waals surface area contributed by atoms with Gasteiger partial charge in [0.05, 0.1) is 0 Å². The molecule has 0 radical (unpaired) electrons. The predicted octanol–water partition coefficient (Wildman–Crippen LogP) is 1.68. The Morgan fingerprint density at radius 3 is 2.83 bits per heavy atom. The van der Waals surface area contributed by atoms with Crippen LogP contribution in [-0.2, 0) is 4.79 Å². The van der Waals surface area contributed by atoms with Crippen LogP contribution >= 0.6 is 11.8 Å². The van der Waals surface area contributed by atoms with Crippen LogP contribution in [0.3, 0.4) is 0 Å². The van der Waals surface area contributed by atoms with Gasteiger partial charge in [0.1, 0.15) is 5.75 Å². The lowest BCUT2D eigenvalue weighted by molar-refractivity contribution is -0.122. The molecule has 0 fully saturated rings. The van der Waals surface area contributed by atoms with Crippen LogP contribution in [0.4, 0.5) is 5.69 Å². The van der Waals surface area contributed by atoms with Crippen LogP contribution in [0.1, 0.15) is 0 Å². The number of carbonyl (C=O) groups is 1. The van der Waals surface area contributed by atoms with Crippen molar-refractivity contribution in [1.82, 2.24) is 5.32 Å². The van der Waals surface area contributed by atoms with Crippen LogP contribution in [0, 0.1) is 0 Å². The first kappa shape index (κ1) is 14.4. The fourth-order valence-electron chi connectivity index (χ4n) is 1.19. The molecule has 0 unspecified atom stereocenters. The minimum atomic E-state index is -0.119. The number of carbonyl (C=O) groups excluding carboxylic acids is 1. The number of nitrogens with two attached hydrogens (primary N) is 1. The summed E-state index contributed by atoms with van der Waals surface area (Å²) in [6, 6.07) is 6.95. The number of amides is 1. The van der Waals surface area contributed by atoms with Crippen molar-refractivity contribution in [3.8, 4) is 5.75 Å². The molecule has 1 amide bonds. The molecule has 0 heterocycles. The number of hydrogen-bond acceptors (Lipinski definition) is 4. The maximum atomic E-state index is 11.4. The lowest BCUT2D eigenvalue weighted by Crippen LogP contribution is -2.30. The van der Waals surface area contributed by atoms with E-state index in [1.54, 1.807) is 36.0 Å². The van der Waals surface area contributed by atoms with E-state index in [-0.39, 0.29) is 12.5 Å². The predicted molar refractivity (Wildman–Crippen MR) is 76.9 cm³/mol. The van der Waals surface area contributed by atoms with E-state index in [1.165, 1.54) is 0 Å². The van der Waals surface area contributed by atoms with Gasteiger partial charge in [-0.2, -0.15) is 11.8 Å². The van der Waals surface area contributed by atoms with Crippen LogP contribution in [0.2, 0.25) is 0 Å². The summed E-state index contributed by atoms with van der Waals surface area (Å²) in [5.74, 6) is 2.30. The smallest absolute Gasteiger partial charge is 0.257 e. The maximum Gasteiger partial charge on any atom is 0.257 e. The second-order valence-corrected chi connectivity index (χ2v) is 4.72. The molecule has 0 spiro atoms. The summed E-state index contributed by atoms with van der Waals surface area (Å²) in [5.41, 5.74) is 6.22. The SMILES string of the molecule is C=CCSCCNC(=O)COc1ccc(N)cc1. The Balaban J connectivity index is 2.13. The molecule has 0 aliphatic heterocycles. The van der Waals surface area contributed by atoms with E-state index < -0.39 is 0 Å². The minimum absolute atomic E-state index is 0.0239. The summed E-state index contributed by atoms with van der Waals surface area (Å²) >= 11 is 1.72. The van der Waals surface area contributed by atoms with Crippen LogP contribution in [0.25, 0.3) is 0 Å². The second kappa shape index (κ2) is 8.47. The largest absolute Gasteiger partial charge is 0.484 e. The van der Waals surface area contributed by atoms with Crippen molar-refractivity contribution in [2.45, 2.75) is 0 Å².